The molecule has 0 aliphatic heterocycles. The average Bonchev–Trinajstić information content (AvgIpc) is 2.54. The summed E-state index contributed by atoms with van der Waals surface area (Å²) in [6.07, 6.45) is 1.22. The summed E-state index contributed by atoms with van der Waals surface area (Å²) in [5.74, 6) is -0.253. The molecule has 84 valence electrons. The van der Waals surface area contributed by atoms with Crippen molar-refractivity contribution in [2.24, 2.45) is 5.18 Å². The van der Waals surface area contributed by atoms with E-state index in [0.29, 0.717) is 11.3 Å². The Bertz CT molecular complexity index is 554. The highest BCUT2D eigenvalue weighted by atomic mass is 19.1. The number of halogens is 1. The van der Waals surface area contributed by atoms with Crippen LogP contribution in [0.4, 0.5) is 10.2 Å². The minimum atomic E-state index is -0.421. The number of hydrogen-bond donors (Lipinski definition) is 0. The van der Waals surface area contributed by atoms with Crippen molar-refractivity contribution in [3.05, 3.63) is 34.7 Å². The molecule has 0 amide bonds. The molecule has 0 unspecified atom stereocenters. The lowest BCUT2D eigenvalue weighted by Gasteiger charge is -2.14. The lowest BCUT2D eigenvalue weighted by Crippen LogP contribution is -2.11. The van der Waals surface area contributed by atoms with Crippen molar-refractivity contribution in [3.63, 3.8) is 0 Å². The van der Waals surface area contributed by atoms with E-state index in [9.17, 15) is 9.30 Å². The summed E-state index contributed by atoms with van der Waals surface area (Å²) in [6, 6.07) is 2.84. The van der Waals surface area contributed by atoms with Gasteiger partial charge in [0.25, 0.3) is 0 Å². The van der Waals surface area contributed by atoms with E-state index in [1.165, 1.54) is 22.7 Å². The maximum absolute atomic E-state index is 13.1. The minimum Gasteiger partial charge on any atom is -0.279 e. The fraction of sp³-hybridized carbons (Fsp3) is 0.364. The van der Waals surface area contributed by atoms with Crippen molar-refractivity contribution < 1.29 is 4.39 Å². The molecule has 0 atom stereocenters. The van der Waals surface area contributed by atoms with Gasteiger partial charge in [0, 0.05) is 11.6 Å². The van der Waals surface area contributed by atoms with Gasteiger partial charge in [-0.2, -0.15) is 0 Å². The Balaban J connectivity index is 2.82. The maximum Gasteiger partial charge on any atom is 0.205 e. The highest BCUT2D eigenvalue weighted by Gasteiger charge is 2.24. The summed E-state index contributed by atoms with van der Waals surface area (Å²) in [4.78, 5) is 15.1. The van der Waals surface area contributed by atoms with Crippen LogP contribution in [0.2, 0.25) is 0 Å². The summed E-state index contributed by atoms with van der Waals surface area (Å²) < 4.78 is 14.4. The maximum atomic E-state index is 13.1. The summed E-state index contributed by atoms with van der Waals surface area (Å²) in [7, 11) is 0. The zero-order valence-corrected chi connectivity index (χ0v) is 9.36. The van der Waals surface area contributed by atoms with Crippen molar-refractivity contribution in [1.82, 2.24) is 9.38 Å². The Labute approximate surface area is 92.1 Å². The van der Waals surface area contributed by atoms with Crippen LogP contribution in [0, 0.1) is 10.7 Å². The molecule has 0 fully saturated rings. The second-order valence-electron chi connectivity index (χ2n) is 4.70. The number of nitroso groups, excluding NO2 is 1. The predicted octanol–water partition coefficient (Wildman–Crippen LogP) is 3.17. The van der Waals surface area contributed by atoms with Gasteiger partial charge in [0.2, 0.25) is 5.82 Å². The molecule has 0 aliphatic carbocycles. The van der Waals surface area contributed by atoms with Crippen LogP contribution in [0.3, 0.4) is 0 Å². The number of aromatic nitrogens is 2. The van der Waals surface area contributed by atoms with Crippen LogP contribution in [0.1, 0.15) is 26.5 Å². The first kappa shape index (κ1) is 10.7. The topological polar surface area (TPSA) is 46.7 Å². The molecule has 0 aliphatic rings. The van der Waals surface area contributed by atoms with Gasteiger partial charge in [0.1, 0.15) is 11.5 Å². The second kappa shape index (κ2) is 3.37. The van der Waals surface area contributed by atoms with Gasteiger partial charge in [-0.05, 0) is 17.3 Å². The zero-order chi connectivity index (χ0) is 11.9. The van der Waals surface area contributed by atoms with Crippen LogP contribution in [-0.4, -0.2) is 9.38 Å². The van der Waals surface area contributed by atoms with Crippen molar-refractivity contribution in [2.75, 3.05) is 0 Å². The van der Waals surface area contributed by atoms with Crippen molar-refractivity contribution in [2.45, 2.75) is 26.2 Å². The quantitative estimate of drug-likeness (QED) is 0.694. The molecule has 0 bridgehead atoms. The van der Waals surface area contributed by atoms with Crippen LogP contribution in [0.15, 0.2) is 23.5 Å². The fourth-order valence-corrected chi connectivity index (χ4v) is 1.60. The average molecular weight is 221 g/mol. The number of pyridine rings is 1. The first-order valence-corrected chi connectivity index (χ1v) is 4.95. The molecule has 0 saturated heterocycles. The van der Waals surface area contributed by atoms with Crippen LogP contribution in [0.25, 0.3) is 5.65 Å². The van der Waals surface area contributed by atoms with Crippen LogP contribution in [0.5, 0.6) is 0 Å². The molecule has 2 aromatic rings. The predicted molar refractivity (Wildman–Crippen MR) is 59.3 cm³/mol. The first-order chi connectivity index (χ1) is 7.43. The zero-order valence-electron chi connectivity index (χ0n) is 9.36. The molecule has 0 spiro atoms. The monoisotopic (exact) mass is 221 g/mol. The first-order valence-electron chi connectivity index (χ1n) is 4.95. The molecule has 16 heavy (non-hydrogen) atoms. The molecular formula is C11H12FN3O. The molecule has 5 heteroatoms. The molecule has 2 rings (SSSR count). The van der Waals surface area contributed by atoms with E-state index in [1.54, 1.807) is 0 Å². The molecule has 2 heterocycles. The largest absolute Gasteiger partial charge is 0.279 e. The van der Waals surface area contributed by atoms with E-state index in [1.807, 2.05) is 20.8 Å². The SMILES string of the molecule is CC(C)(C)c1nc2ccc(F)cn2c1N=O. The number of nitrogens with zero attached hydrogens (tertiary/aromatic N) is 3. The number of hydrogen-bond acceptors (Lipinski definition) is 3. The van der Waals surface area contributed by atoms with E-state index < -0.39 is 5.82 Å². The number of imidazole rings is 1. The Morgan fingerprint density at radius 1 is 1.38 bits per heavy atom. The molecular weight excluding hydrogens is 209 g/mol. The van der Waals surface area contributed by atoms with E-state index in [0.717, 1.165) is 0 Å². The van der Waals surface area contributed by atoms with Gasteiger partial charge in [0.05, 0.1) is 5.69 Å². The van der Waals surface area contributed by atoms with Crippen molar-refractivity contribution in [3.8, 4) is 0 Å². The van der Waals surface area contributed by atoms with Gasteiger partial charge in [-0.1, -0.05) is 20.8 Å². The van der Waals surface area contributed by atoms with Crippen LogP contribution < -0.4 is 0 Å². The summed E-state index contributed by atoms with van der Waals surface area (Å²) in [5.41, 5.74) is 0.806. The molecule has 0 N–H and O–H groups in total. The standard InChI is InChI=1S/C11H12FN3O/c1-11(2,3)9-10(14-16)15-6-7(12)4-5-8(15)13-9/h4-6H,1-3H3. The third-order valence-electron chi connectivity index (χ3n) is 2.35. The van der Waals surface area contributed by atoms with E-state index in [4.69, 9.17) is 0 Å². The van der Waals surface area contributed by atoms with Crippen molar-refractivity contribution >= 4 is 11.5 Å². The van der Waals surface area contributed by atoms with E-state index >= 15 is 0 Å². The van der Waals surface area contributed by atoms with Gasteiger partial charge in [-0.15, -0.1) is 4.91 Å². The summed E-state index contributed by atoms with van der Waals surface area (Å²) in [5, 5.41) is 2.95. The van der Waals surface area contributed by atoms with Crippen LogP contribution in [-0.2, 0) is 5.41 Å². The molecule has 0 aromatic carbocycles. The number of rotatable bonds is 1. The van der Waals surface area contributed by atoms with Gasteiger partial charge >= 0.3 is 0 Å². The fourth-order valence-electron chi connectivity index (χ4n) is 1.60. The van der Waals surface area contributed by atoms with Crippen molar-refractivity contribution in [1.29, 1.82) is 0 Å². The molecule has 4 nitrogen and oxygen atoms in total. The highest BCUT2D eigenvalue weighted by Crippen LogP contribution is 2.31. The third kappa shape index (κ3) is 1.58. The molecule has 2 aromatic heterocycles. The summed E-state index contributed by atoms with van der Waals surface area (Å²) in [6.45, 7) is 5.79. The Morgan fingerprint density at radius 2 is 2.06 bits per heavy atom. The van der Waals surface area contributed by atoms with Gasteiger partial charge < -0.3 is 0 Å². The smallest absolute Gasteiger partial charge is 0.205 e. The van der Waals surface area contributed by atoms with Gasteiger partial charge in [-0.3, -0.25) is 4.40 Å². The van der Waals surface area contributed by atoms with E-state index in [-0.39, 0.29) is 11.2 Å². The second-order valence-corrected chi connectivity index (χ2v) is 4.70. The Kier molecular flexibility index (Phi) is 2.26. The minimum absolute atomic E-state index is 0.169. The van der Waals surface area contributed by atoms with Crippen LogP contribution >= 0.6 is 0 Å². The normalized spacial score (nSPS) is 12.0. The molecule has 0 radical (unpaired) electrons. The van der Waals surface area contributed by atoms with E-state index in [2.05, 4.69) is 10.2 Å². The van der Waals surface area contributed by atoms with Gasteiger partial charge in [0.15, 0.2) is 0 Å². The Hall–Kier alpha value is -1.78. The third-order valence-corrected chi connectivity index (χ3v) is 2.35. The highest BCUT2D eigenvalue weighted by molar-refractivity contribution is 5.54. The number of fused-ring (bicyclic) bond motifs is 1. The Morgan fingerprint density at radius 3 is 2.62 bits per heavy atom. The lowest BCUT2D eigenvalue weighted by molar-refractivity contribution is 0.574. The molecule has 0 saturated carbocycles. The lowest BCUT2D eigenvalue weighted by atomic mass is 9.92. The summed E-state index contributed by atoms with van der Waals surface area (Å²) >= 11 is 0. The van der Waals surface area contributed by atoms with Gasteiger partial charge in [-0.25, -0.2) is 9.37 Å².